The van der Waals surface area contributed by atoms with Gasteiger partial charge >= 0.3 is 0 Å². The first kappa shape index (κ1) is 8.09. The van der Waals surface area contributed by atoms with Gasteiger partial charge in [0.1, 0.15) is 0 Å². The highest BCUT2D eigenvalue weighted by atomic mass is 16.2. The average Bonchev–Trinajstić information content (AvgIpc) is 2.41. The summed E-state index contributed by atoms with van der Waals surface area (Å²) in [5.74, 6) is 2.60. The minimum absolute atomic E-state index is 0.305. The van der Waals surface area contributed by atoms with E-state index in [0.29, 0.717) is 23.7 Å². The van der Waals surface area contributed by atoms with Crippen molar-refractivity contribution in [2.45, 2.75) is 26.7 Å². The third-order valence-corrected chi connectivity index (χ3v) is 3.81. The molecule has 68 valence electrons. The predicted octanol–water partition coefficient (Wildman–Crippen LogP) is 1.41. The van der Waals surface area contributed by atoms with Crippen LogP contribution in [0, 0.1) is 23.7 Å². The van der Waals surface area contributed by atoms with Gasteiger partial charge in [0.25, 0.3) is 0 Å². The Labute approximate surface area is 73.7 Å². The normalized spacial score (nSPS) is 47.0. The van der Waals surface area contributed by atoms with E-state index in [4.69, 9.17) is 0 Å². The minimum atomic E-state index is 0.305. The number of nitrogens with one attached hydrogen (secondary N) is 1. The Bertz CT molecular complexity index is 202. The first-order chi connectivity index (χ1) is 5.70. The molecule has 2 heteroatoms. The van der Waals surface area contributed by atoms with Gasteiger partial charge in [-0.1, -0.05) is 20.3 Å². The summed E-state index contributed by atoms with van der Waals surface area (Å²) >= 11 is 0. The van der Waals surface area contributed by atoms with Crippen LogP contribution in [0.3, 0.4) is 0 Å². The first-order valence-electron chi connectivity index (χ1n) is 4.98. The highest BCUT2D eigenvalue weighted by Crippen LogP contribution is 2.40. The zero-order chi connectivity index (χ0) is 8.72. The van der Waals surface area contributed by atoms with E-state index >= 15 is 0 Å². The van der Waals surface area contributed by atoms with Gasteiger partial charge in [-0.05, 0) is 24.2 Å². The quantitative estimate of drug-likeness (QED) is 0.580. The molecule has 2 fully saturated rings. The molecule has 1 amide bonds. The molecular weight excluding hydrogens is 150 g/mol. The largest absolute Gasteiger partial charge is 0.356 e. The Kier molecular flexibility index (Phi) is 1.85. The van der Waals surface area contributed by atoms with Gasteiger partial charge in [0.2, 0.25) is 5.91 Å². The first-order valence-corrected chi connectivity index (χ1v) is 4.98. The van der Waals surface area contributed by atoms with Crippen molar-refractivity contribution in [3.63, 3.8) is 0 Å². The molecule has 1 saturated carbocycles. The molecule has 0 spiro atoms. The Hall–Kier alpha value is -0.530. The second-order valence-corrected chi connectivity index (χ2v) is 4.44. The predicted molar refractivity (Wildman–Crippen MR) is 47.6 cm³/mol. The molecule has 4 atom stereocenters. The van der Waals surface area contributed by atoms with Gasteiger partial charge in [-0.2, -0.15) is 0 Å². The maximum atomic E-state index is 11.5. The number of hydrogen-bond acceptors (Lipinski definition) is 1. The molecular formula is C10H17NO. The fraction of sp³-hybridized carbons (Fsp3) is 0.900. The van der Waals surface area contributed by atoms with Gasteiger partial charge in [-0.25, -0.2) is 0 Å². The maximum absolute atomic E-state index is 11.5. The molecule has 4 unspecified atom stereocenters. The van der Waals surface area contributed by atoms with Crippen molar-refractivity contribution in [3.05, 3.63) is 0 Å². The SMILES string of the molecule is CC1CCC2CNC(=O)C2C1C. The summed E-state index contributed by atoms with van der Waals surface area (Å²) in [4.78, 5) is 11.5. The van der Waals surface area contributed by atoms with Crippen molar-refractivity contribution in [2.24, 2.45) is 23.7 Å². The third-order valence-electron chi connectivity index (χ3n) is 3.81. The monoisotopic (exact) mass is 167 g/mol. The smallest absolute Gasteiger partial charge is 0.223 e. The lowest BCUT2D eigenvalue weighted by molar-refractivity contribution is -0.125. The molecule has 1 aliphatic heterocycles. The standard InChI is InChI=1S/C10H17NO/c1-6-3-4-8-5-11-10(12)9(8)7(6)2/h6-9H,3-5H2,1-2H3,(H,11,12). The molecule has 0 aromatic heterocycles. The van der Waals surface area contributed by atoms with Crippen molar-refractivity contribution in [3.8, 4) is 0 Å². The molecule has 2 nitrogen and oxygen atoms in total. The zero-order valence-corrected chi connectivity index (χ0v) is 7.84. The van der Waals surface area contributed by atoms with E-state index < -0.39 is 0 Å². The summed E-state index contributed by atoms with van der Waals surface area (Å²) in [5.41, 5.74) is 0. The van der Waals surface area contributed by atoms with Crippen molar-refractivity contribution in [1.82, 2.24) is 5.32 Å². The Morgan fingerprint density at radius 3 is 2.83 bits per heavy atom. The van der Waals surface area contributed by atoms with Crippen LogP contribution in [0.4, 0.5) is 0 Å². The fourth-order valence-corrected chi connectivity index (χ4v) is 2.73. The van der Waals surface area contributed by atoms with Crippen LogP contribution in [0.5, 0.6) is 0 Å². The summed E-state index contributed by atoms with van der Waals surface area (Å²) in [6, 6.07) is 0. The van der Waals surface area contributed by atoms with E-state index in [1.807, 2.05) is 0 Å². The molecule has 1 saturated heterocycles. The Morgan fingerprint density at radius 1 is 1.33 bits per heavy atom. The second-order valence-electron chi connectivity index (χ2n) is 4.44. The number of fused-ring (bicyclic) bond motifs is 1. The summed E-state index contributed by atoms with van der Waals surface area (Å²) < 4.78 is 0. The number of carbonyl (C=O) groups excluding carboxylic acids is 1. The van der Waals surface area contributed by atoms with Crippen molar-refractivity contribution in [1.29, 1.82) is 0 Å². The van der Waals surface area contributed by atoms with E-state index in [1.54, 1.807) is 0 Å². The topological polar surface area (TPSA) is 29.1 Å². The molecule has 1 N–H and O–H groups in total. The zero-order valence-electron chi connectivity index (χ0n) is 7.84. The lowest BCUT2D eigenvalue weighted by Gasteiger charge is -2.34. The van der Waals surface area contributed by atoms with E-state index in [0.717, 1.165) is 12.5 Å². The second kappa shape index (κ2) is 2.75. The van der Waals surface area contributed by atoms with Crippen LogP contribution in [0.2, 0.25) is 0 Å². The fourth-order valence-electron chi connectivity index (χ4n) is 2.73. The highest BCUT2D eigenvalue weighted by Gasteiger charge is 2.42. The van der Waals surface area contributed by atoms with Gasteiger partial charge < -0.3 is 5.32 Å². The molecule has 0 bridgehead atoms. The molecule has 1 aliphatic carbocycles. The molecule has 2 rings (SSSR count). The number of hydrogen-bond donors (Lipinski definition) is 1. The van der Waals surface area contributed by atoms with Gasteiger partial charge in [0.15, 0.2) is 0 Å². The van der Waals surface area contributed by atoms with Gasteiger partial charge in [0.05, 0.1) is 0 Å². The van der Waals surface area contributed by atoms with Crippen LogP contribution in [0.1, 0.15) is 26.7 Å². The number of carbonyl (C=O) groups is 1. The maximum Gasteiger partial charge on any atom is 0.223 e. The van der Waals surface area contributed by atoms with Gasteiger partial charge in [-0.15, -0.1) is 0 Å². The summed E-state index contributed by atoms with van der Waals surface area (Å²) in [5, 5.41) is 2.97. The van der Waals surface area contributed by atoms with Crippen LogP contribution < -0.4 is 5.32 Å². The van der Waals surface area contributed by atoms with Crippen LogP contribution in [-0.2, 0) is 4.79 Å². The van der Waals surface area contributed by atoms with Crippen LogP contribution in [0.25, 0.3) is 0 Å². The molecule has 1 heterocycles. The third kappa shape index (κ3) is 1.05. The van der Waals surface area contributed by atoms with Gasteiger partial charge in [0, 0.05) is 12.5 Å². The van der Waals surface area contributed by atoms with E-state index in [-0.39, 0.29) is 0 Å². The van der Waals surface area contributed by atoms with E-state index in [1.165, 1.54) is 12.8 Å². The lowest BCUT2D eigenvalue weighted by Crippen LogP contribution is -2.33. The minimum Gasteiger partial charge on any atom is -0.356 e. The van der Waals surface area contributed by atoms with Crippen molar-refractivity contribution >= 4 is 5.91 Å². The highest BCUT2D eigenvalue weighted by molar-refractivity contribution is 5.81. The number of amides is 1. The molecule has 2 aliphatic rings. The molecule has 0 aromatic carbocycles. The Morgan fingerprint density at radius 2 is 2.08 bits per heavy atom. The van der Waals surface area contributed by atoms with Crippen LogP contribution in [0.15, 0.2) is 0 Å². The average molecular weight is 167 g/mol. The van der Waals surface area contributed by atoms with Crippen molar-refractivity contribution in [2.75, 3.05) is 6.54 Å². The summed E-state index contributed by atoms with van der Waals surface area (Å²) in [6.07, 6.45) is 2.55. The Balaban J connectivity index is 2.16. The van der Waals surface area contributed by atoms with Crippen molar-refractivity contribution < 1.29 is 4.79 Å². The van der Waals surface area contributed by atoms with E-state index in [9.17, 15) is 4.79 Å². The lowest BCUT2D eigenvalue weighted by atomic mass is 9.69. The summed E-state index contributed by atoms with van der Waals surface area (Å²) in [6.45, 7) is 5.43. The molecule has 0 radical (unpaired) electrons. The molecule has 0 aromatic rings. The summed E-state index contributed by atoms with van der Waals surface area (Å²) in [7, 11) is 0. The van der Waals surface area contributed by atoms with E-state index in [2.05, 4.69) is 19.2 Å². The molecule has 12 heavy (non-hydrogen) atoms. The van der Waals surface area contributed by atoms with Crippen LogP contribution in [-0.4, -0.2) is 12.5 Å². The van der Waals surface area contributed by atoms with Crippen LogP contribution >= 0.6 is 0 Å². The number of rotatable bonds is 0. The van der Waals surface area contributed by atoms with Gasteiger partial charge in [-0.3, -0.25) is 4.79 Å².